The number of carbonyl (C=O) groups excluding carboxylic acids is 1. The number of anilines is 1. The van der Waals surface area contributed by atoms with Crippen LogP contribution in [0.1, 0.15) is 19.8 Å². The second-order valence-corrected chi connectivity index (χ2v) is 4.13. The summed E-state index contributed by atoms with van der Waals surface area (Å²) in [6.07, 6.45) is 4.78. The minimum atomic E-state index is -0.204. The predicted octanol–water partition coefficient (Wildman–Crippen LogP) is 1.87. The zero-order valence-corrected chi connectivity index (χ0v) is 8.51. The summed E-state index contributed by atoms with van der Waals surface area (Å²) in [5, 5.41) is 2.97. The lowest BCUT2D eigenvalue weighted by atomic mass is 10.1. The molecule has 0 aromatic carbocycles. The van der Waals surface area contributed by atoms with E-state index < -0.39 is 0 Å². The van der Waals surface area contributed by atoms with Gasteiger partial charge in [0.1, 0.15) is 5.15 Å². The molecule has 1 heterocycles. The fraction of sp³-hybridized carbons (Fsp3) is 0.444. The average molecular weight is 212 g/mol. The molecule has 4 nitrogen and oxygen atoms in total. The Morgan fingerprint density at radius 1 is 1.57 bits per heavy atom. The maximum absolute atomic E-state index is 11.6. The molecule has 5 heteroatoms. The van der Waals surface area contributed by atoms with Gasteiger partial charge in [0.15, 0.2) is 5.82 Å². The van der Waals surface area contributed by atoms with Crippen molar-refractivity contribution in [2.75, 3.05) is 5.32 Å². The molecule has 0 radical (unpaired) electrons. The van der Waals surface area contributed by atoms with Crippen LogP contribution in [0.15, 0.2) is 12.4 Å². The molecule has 0 bridgehead atoms. The van der Waals surface area contributed by atoms with Crippen LogP contribution >= 0.6 is 11.6 Å². The topological polar surface area (TPSA) is 54.9 Å². The number of halogens is 1. The van der Waals surface area contributed by atoms with Crippen molar-refractivity contribution in [2.24, 2.45) is 5.41 Å². The quantitative estimate of drug-likeness (QED) is 0.813. The summed E-state index contributed by atoms with van der Waals surface area (Å²) in [5.41, 5.74) is -0.204. The molecule has 1 fully saturated rings. The number of aromatic nitrogens is 2. The molecule has 1 aromatic rings. The van der Waals surface area contributed by atoms with Gasteiger partial charge in [-0.25, -0.2) is 4.98 Å². The summed E-state index contributed by atoms with van der Waals surface area (Å²) < 4.78 is 0. The number of hydrogen-bond acceptors (Lipinski definition) is 3. The standard InChI is InChI=1S/C9H10ClN3O/c1-9(2-3-9)8(14)13-7-5-11-4-6(10)12-7/h4-5H,2-3H2,1H3,(H,12,13,14). The summed E-state index contributed by atoms with van der Waals surface area (Å²) in [6.45, 7) is 1.93. The van der Waals surface area contributed by atoms with E-state index in [1.54, 1.807) is 0 Å². The molecule has 1 aliphatic carbocycles. The Morgan fingerprint density at radius 2 is 2.29 bits per heavy atom. The van der Waals surface area contributed by atoms with Crippen LogP contribution in [0.2, 0.25) is 5.15 Å². The lowest BCUT2D eigenvalue weighted by Crippen LogP contribution is -2.22. The molecule has 14 heavy (non-hydrogen) atoms. The summed E-state index contributed by atoms with van der Waals surface area (Å²) in [4.78, 5) is 19.3. The second kappa shape index (κ2) is 3.20. The third-order valence-corrected chi connectivity index (χ3v) is 2.58. The number of carbonyl (C=O) groups is 1. The van der Waals surface area contributed by atoms with Crippen molar-refractivity contribution in [3.63, 3.8) is 0 Å². The first-order valence-electron chi connectivity index (χ1n) is 4.39. The molecule has 0 atom stereocenters. The number of hydrogen-bond donors (Lipinski definition) is 1. The zero-order chi connectivity index (χ0) is 10.2. The van der Waals surface area contributed by atoms with Crippen LogP contribution < -0.4 is 5.32 Å². The van der Waals surface area contributed by atoms with Crippen molar-refractivity contribution < 1.29 is 4.79 Å². The van der Waals surface area contributed by atoms with Crippen LogP contribution in [-0.4, -0.2) is 15.9 Å². The van der Waals surface area contributed by atoms with Crippen molar-refractivity contribution in [3.8, 4) is 0 Å². The average Bonchev–Trinajstić information content (AvgIpc) is 2.85. The highest BCUT2D eigenvalue weighted by Gasteiger charge is 2.44. The van der Waals surface area contributed by atoms with E-state index in [9.17, 15) is 4.79 Å². The first kappa shape index (κ1) is 9.40. The van der Waals surface area contributed by atoms with E-state index in [0.29, 0.717) is 5.82 Å². The summed E-state index contributed by atoms with van der Waals surface area (Å²) in [5.74, 6) is 0.407. The molecular weight excluding hydrogens is 202 g/mol. The van der Waals surface area contributed by atoms with E-state index in [0.717, 1.165) is 12.8 Å². The Balaban J connectivity index is 2.07. The van der Waals surface area contributed by atoms with Crippen LogP contribution in [0.3, 0.4) is 0 Å². The molecule has 1 N–H and O–H groups in total. The fourth-order valence-corrected chi connectivity index (χ4v) is 1.23. The van der Waals surface area contributed by atoms with Gasteiger partial charge in [0.05, 0.1) is 12.4 Å². The van der Waals surface area contributed by atoms with Gasteiger partial charge in [-0.1, -0.05) is 18.5 Å². The van der Waals surface area contributed by atoms with Crippen LogP contribution in [0.5, 0.6) is 0 Å². The molecule has 2 rings (SSSR count). The van der Waals surface area contributed by atoms with Gasteiger partial charge in [0.2, 0.25) is 5.91 Å². The van der Waals surface area contributed by atoms with Crippen molar-refractivity contribution in [2.45, 2.75) is 19.8 Å². The molecule has 0 spiro atoms. The van der Waals surface area contributed by atoms with Gasteiger partial charge < -0.3 is 5.32 Å². The fourth-order valence-electron chi connectivity index (χ4n) is 1.08. The second-order valence-electron chi connectivity index (χ2n) is 3.74. The summed E-state index contributed by atoms with van der Waals surface area (Å²) in [6, 6.07) is 0. The monoisotopic (exact) mass is 211 g/mol. The van der Waals surface area contributed by atoms with E-state index in [1.807, 2.05) is 6.92 Å². The number of nitrogens with one attached hydrogen (secondary N) is 1. The summed E-state index contributed by atoms with van der Waals surface area (Å²) >= 11 is 5.63. The van der Waals surface area contributed by atoms with Gasteiger partial charge in [0, 0.05) is 5.41 Å². The molecule has 0 unspecified atom stereocenters. The molecule has 1 saturated carbocycles. The lowest BCUT2D eigenvalue weighted by molar-refractivity contribution is -0.120. The highest BCUT2D eigenvalue weighted by molar-refractivity contribution is 6.29. The van der Waals surface area contributed by atoms with Gasteiger partial charge in [0.25, 0.3) is 0 Å². The lowest BCUT2D eigenvalue weighted by Gasteiger charge is -2.08. The van der Waals surface area contributed by atoms with Crippen LogP contribution in [0.4, 0.5) is 5.82 Å². The number of rotatable bonds is 2. The Bertz CT molecular complexity index is 376. The maximum Gasteiger partial charge on any atom is 0.231 e. The van der Waals surface area contributed by atoms with Crippen molar-refractivity contribution >= 4 is 23.3 Å². The van der Waals surface area contributed by atoms with Crippen LogP contribution in [0.25, 0.3) is 0 Å². The molecule has 1 aromatic heterocycles. The Labute approximate surface area is 86.7 Å². The SMILES string of the molecule is CC1(C(=O)Nc2cncc(Cl)n2)CC1. The molecule has 74 valence electrons. The van der Waals surface area contributed by atoms with Gasteiger partial charge in [-0.3, -0.25) is 9.78 Å². The van der Waals surface area contributed by atoms with Gasteiger partial charge in [-0.05, 0) is 12.8 Å². The highest BCUT2D eigenvalue weighted by atomic mass is 35.5. The third-order valence-electron chi connectivity index (χ3n) is 2.39. The Kier molecular flexibility index (Phi) is 2.15. The molecule has 1 aliphatic rings. The first-order chi connectivity index (χ1) is 6.60. The molecule has 0 aliphatic heterocycles. The van der Waals surface area contributed by atoms with Gasteiger partial charge in [-0.15, -0.1) is 0 Å². The number of amides is 1. The van der Waals surface area contributed by atoms with E-state index in [-0.39, 0.29) is 16.5 Å². The smallest absolute Gasteiger partial charge is 0.231 e. The number of nitrogens with zero attached hydrogens (tertiary/aromatic N) is 2. The van der Waals surface area contributed by atoms with E-state index in [4.69, 9.17) is 11.6 Å². The highest BCUT2D eigenvalue weighted by Crippen LogP contribution is 2.45. The minimum absolute atomic E-state index is 0.00549. The van der Waals surface area contributed by atoms with E-state index in [1.165, 1.54) is 12.4 Å². The van der Waals surface area contributed by atoms with Crippen molar-refractivity contribution in [1.29, 1.82) is 0 Å². The summed E-state index contributed by atoms with van der Waals surface area (Å²) in [7, 11) is 0. The normalized spacial score (nSPS) is 17.6. The van der Waals surface area contributed by atoms with Crippen molar-refractivity contribution in [3.05, 3.63) is 17.5 Å². The van der Waals surface area contributed by atoms with Crippen molar-refractivity contribution in [1.82, 2.24) is 9.97 Å². The van der Waals surface area contributed by atoms with Crippen LogP contribution in [-0.2, 0) is 4.79 Å². The Morgan fingerprint density at radius 3 is 2.86 bits per heavy atom. The predicted molar refractivity (Wildman–Crippen MR) is 53.0 cm³/mol. The van der Waals surface area contributed by atoms with E-state index in [2.05, 4.69) is 15.3 Å². The molecular formula is C9H10ClN3O. The zero-order valence-electron chi connectivity index (χ0n) is 7.75. The van der Waals surface area contributed by atoms with Gasteiger partial charge >= 0.3 is 0 Å². The van der Waals surface area contributed by atoms with Crippen LogP contribution in [0, 0.1) is 5.41 Å². The third kappa shape index (κ3) is 1.85. The molecule has 1 amide bonds. The Hall–Kier alpha value is -1.16. The molecule has 0 saturated heterocycles. The van der Waals surface area contributed by atoms with E-state index >= 15 is 0 Å². The maximum atomic E-state index is 11.6. The first-order valence-corrected chi connectivity index (χ1v) is 4.77. The largest absolute Gasteiger partial charge is 0.309 e. The minimum Gasteiger partial charge on any atom is -0.309 e. The van der Waals surface area contributed by atoms with Gasteiger partial charge in [-0.2, -0.15) is 0 Å².